The van der Waals surface area contributed by atoms with Crippen LogP contribution in [0.3, 0.4) is 0 Å². The Labute approximate surface area is 192 Å². The number of nitrogens with zero attached hydrogens (tertiary/aromatic N) is 1. The third kappa shape index (κ3) is 6.22. The highest BCUT2D eigenvalue weighted by molar-refractivity contribution is 6.30. The molecule has 1 aromatic carbocycles. The van der Waals surface area contributed by atoms with E-state index in [9.17, 15) is 9.90 Å². The Morgan fingerprint density at radius 3 is 2.48 bits per heavy atom. The molecule has 1 saturated carbocycles. The van der Waals surface area contributed by atoms with Crippen molar-refractivity contribution in [1.82, 2.24) is 15.5 Å². The lowest BCUT2D eigenvalue weighted by atomic mass is 9.70. The fraction of sp³-hybridized carbons (Fsp3) is 0.720. The van der Waals surface area contributed by atoms with E-state index < -0.39 is 0 Å². The van der Waals surface area contributed by atoms with E-state index in [-0.39, 0.29) is 35.4 Å². The van der Waals surface area contributed by atoms with Crippen LogP contribution in [0.5, 0.6) is 0 Å². The molecule has 1 aliphatic carbocycles. The van der Waals surface area contributed by atoms with Gasteiger partial charge in [0.2, 0.25) is 5.91 Å². The number of likely N-dealkylation sites (tertiary alicyclic amines) is 1. The number of hydrogen-bond acceptors (Lipinski definition) is 4. The van der Waals surface area contributed by atoms with Crippen LogP contribution in [0.15, 0.2) is 24.3 Å². The quantitative estimate of drug-likeness (QED) is 0.547. The van der Waals surface area contributed by atoms with Crippen LogP contribution >= 0.6 is 11.6 Å². The molecule has 3 unspecified atom stereocenters. The molecule has 1 aromatic rings. The fourth-order valence-corrected chi connectivity index (χ4v) is 5.44. The second-order valence-electron chi connectivity index (χ2n) is 10.4. The zero-order chi connectivity index (χ0) is 22.6. The summed E-state index contributed by atoms with van der Waals surface area (Å²) in [6, 6.07) is 8.06. The van der Waals surface area contributed by atoms with E-state index in [1.165, 1.54) is 5.56 Å². The average molecular weight is 450 g/mol. The van der Waals surface area contributed by atoms with Crippen LogP contribution in [0.2, 0.25) is 5.02 Å². The monoisotopic (exact) mass is 449 g/mol. The molecule has 5 nitrogen and oxygen atoms in total. The second-order valence-corrected chi connectivity index (χ2v) is 10.8. The highest BCUT2D eigenvalue weighted by Gasteiger charge is 2.40. The molecule has 174 valence electrons. The topological polar surface area (TPSA) is 64.6 Å². The number of rotatable bonds is 7. The van der Waals surface area contributed by atoms with Crippen molar-refractivity contribution in [2.24, 2.45) is 11.3 Å². The first kappa shape index (κ1) is 24.5. The van der Waals surface area contributed by atoms with Crippen molar-refractivity contribution < 1.29 is 9.90 Å². The molecule has 0 radical (unpaired) electrons. The maximum atomic E-state index is 13.4. The summed E-state index contributed by atoms with van der Waals surface area (Å²) < 4.78 is 0. The zero-order valence-corrected chi connectivity index (χ0v) is 20.3. The molecule has 31 heavy (non-hydrogen) atoms. The van der Waals surface area contributed by atoms with Gasteiger partial charge >= 0.3 is 0 Å². The molecule has 2 aliphatic rings. The van der Waals surface area contributed by atoms with Gasteiger partial charge in [0.25, 0.3) is 0 Å². The molecular weight excluding hydrogens is 410 g/mol. The molecule has 3 rings (SSSR count). The van der Waals surface area contributed by atoms with Crippen molar-refractivity contribution >= 4 is 17.5 Å². The van der Waals surface area contributed by atoms with Crippen molar-refractivity contribution in [3.8, 4) is 0 Å². The SMILES string of the molecule is CC(C)[C@@H](NCNC1CCCCC1O)C(=O)N1CCC(c2ccc(Cl)cc2)C(C)(C)C1. The molecule has 0 aromatic heterocycles. The number of nitrogens with one attached hydrogen (secondary N) is 2. The smallest absolute Gasteiger partial charge is 0.240 e. The Kier molecular flexibility index (Phi) is 8.42. The van der Waals surface area contributed by atoms with E-state index >= 15 is 0 Å². The minimum atomic E-state index is -0.281. The number of carbonyl (C=O) groups is 1. The van der Waals surface area contributed by atoms with Crippen LogP contribution < -0.4 is 10.6 Å². The maximum absolute atomic E-state index is 13.4. The third-order valence-electron chi connectivity index (χ3n) is 7.16. The standard InChI is InChI=1S/C25H40ClN3O2/c1-17(2)23(28-16-27-21-7-5-6-8-22(21)30)24(31)29-14-13-20(25(3,4)15-29)18-9-11-19(26)12-10-18/h9-12,17,20-23,27-28,30H,5-8,13-16H2,1-4H3/t20?,21?,22?,23-/m1/s1. The van der Waals surface area contributed by atoms with Crippen molar-refractivity contribution in [2.45, 2.75) is 83.9 Å². The Hall–Kier alpha value is -1.14. The summed E-state index contributed by atoms with van der Waals surface area (Å²) in [7, 11) is 0. The summed E-state index contributed by atoms with van der Waals surface area (Å²) in [6.07, 6.45) is 4.78. The number of hydrogen-bond donors (Lipinski definition) is 3. The van der Waals surface area contributed by atoms with Gasteiger partial charge in [0.1, 0.15) is 0 Å². The Bertz CT molecular complexity index is 722. The predicted octanol–water partition coefficient (Wildman–Crippen LogP) is 4.15. The van der Waals surface area contributed by atoms with Crippen molar-refractivity contribution in [3.05, 3.63) is 34.9 Å². The van der Waals surface area contributed by atoms with E-state index in [0.29, 0.717) is 12.6 Å². The molecule has 3 N–H and O–H groups in total. The van der Waals surface area contributed by atoms with Crippen LogP contribution in [0.4, 0.5) is 0 Å². The van der Waals surface area contributed by atoms with Crippen molar-refractivity contribution in [3.63, 3.8) is 0 Å². The minimum absolute atomic E-state index is 0.00622. The number of aliphatic hydroxyl groups excluding tert-OH is 1. The third-order valence-corrected chi connectivity index (χ3v) is 7.41. The van der Waals surface area contributed by atoms with Gasteiger partial charge in [-0.15, -0.1) is 0 Å². The highest BCUT2D eigenvalue weighted by Crippen LogP contribution is 2.42. The summed E-state index contributed by atoms with van der Waals surface area (Å²) in [4.78, 5) is 15.5. The molecule has 4 atom stereocenters. The lowest BCUT2D eigenvalue weighted by molar-refractivity contribution is -0.138. The van der Waals surface area contributed by atoms with E-state index in [0.717, 1.165) is 50.2 Å². The molecule has 6 heteroatoms. The summed E-state index contributed by atoms with van der Waals surface area (Å²) in [6.45, 7) is 10.8. The molecule has 0 bridgehead atoms. The summed E-state index contributed by atoms with van der Waals surface area (Å²) >= 11 is 6.07. The lowest BCUT2D eigenvalue weighted by Crippen LogP contribution is -2.57. The van der Waals surface area contributed by atoms with Gasteiger partial charge in [-0.3, -0.25) is 15.4 Å². The minimum Gasteiger partial charge on any atom is -0.392 e. The number of amides is 1. The predicted molar refractivity (Wildman–Crippen MR) is 127 cm³/mol. The Balaban J connectivity index is 1.58. The van der Waals surface area contributed by atoms with Gasteiger partial charge in [0.05, 0.1) is 12.1 Å². The van der Waals surface area contributed by atoms with Gasteiger partial charge in [-0.25, -0.2) is 0 Å². The van der Waals surface area contributed by atoms with Gasteiger partial charge in [0.15, 0.2) is 0 Å². The number of halogens is 1. The van der Waals surface area contributed by atoms with Crippen LogP contribution in [-0.2, 0) is 4.79 Å². The average Bonchev–Trinajstić information content (AvgIpc) is 2.72. The fourth-order valence-electron chi connectivity index (χ4n) is 5.31. The van der Waals surface area contributed by atoms with E-state index in [1.807, 2.05) is 17.0 Å². The molecule has 1 saturated heterocycles. The van der Waals surface area contributed by atoms with Gasteiger partial charge in [0, 0.05) is 30.8 Å². The first-order valence-corrected chi connectivity index (χ1v) is 12.3. The van der Waals surface area contributed by atoms with Gasteiger partial charge in [-0.2, -0.15) is 0 Å². The van der Waals surface area contributed by atoms with Crippen LogP contribution in [-0.4, -0.2) is 53.9 Å². The van der Waals surface area contributed by atoms with E-state index in [4.69, 9.17) is 11.6 Å². The number of benzene rings is 1. The summed E-state index contributed by atoms with van der Waals surface area (Å²) in [5.74, 6) is 0.792. The van der Waals surface area contributed by atoms with Crippen molar-refractivity contribution in [1.29, 1.82) is 0 Å². The highest BCUT2D eigenvalue weighted by atomic mass is 35.5. The molecule has 1 aliphatic heterocycles. The Morgan fingerprint density at radius 2 is 1.87 bits per heavy atom. The summed E-state index contributed by atoms with van der Waals surface area (Å²) in [5, 5.41) is 17.8. The normalized spacial score (nSPS) is 27.3. The van der Waals surface area contributed by atoms with Crippen LogP contribution in [0, 0.1) is 11.3 Å². The van der Waals surface area contributed by atoms with E-state index in [1.54, 1.807) is 0 Å². The first-order valence-electron chi connectivity index (χ1n) is 11.9. The second kappa shape index (κ2) is 10.7. The van der Waals surface area contributed by atoms with Crippen LogP contribution in [0.1, 0.15) is 71.3 Å². The van der Waals surface area contributed by atoms with Gasteiger partial charge < -0.3 is 10.0 Å². The molecule has 1 heterocycles. The zero-order valence-electron chi connectivity index (χ0n) is 19.5. The molecular formula is C25H40ClN3O2. The lowest BCUT2D eigenvalue weighted by Gasteiger charge is -2.46. The number of aliphatic hydroxyl groups is 1. The van der Waals surface area contributed by atoms with E-state index in [2.05, 4.69) is 50.5 Å². The molecule has 1 amide bonds. The Morgan fingerprint density at radius 1 is 1.19 bits per heavy atom. The number of carbonyl (C=O) groups excluding carboxylic acids is 1. The molecule has 2 fully saturated rings. The van der Waals surface area contributed by atoms with Gasteiger partial charge in [-0.05, 0) is 54.2 Å². The first-order chi connectivity index (χ1) is 14.7. The largest absolute Gasteiger partial charge is 0.392 e. The van der Waals surface area contributed by atoms with Crippen LogP contribution in [0.25, 0.3) is 0 Å². The van der Waals surface area contributed by atoms with Gasteiger partial charge in [-0.1, -0.05) is 64.3 Å². The maximum Gasteiger partial charge on any atom is 0.240 e. The molecule has 0 spiro atoms. The summed E-state index contributed by atoms with van der Waals surface area (Å²) in [5.41, 5.74) is 1.29. The van der Waals surface area contributed by atoms with Crippen molar-refractivity contribution in [2.75, 3.05) is 19.8 Å². The number of piperidine rings is 1.